The summed E-state index contributed by atoms with van der Waals surface area (Å²) in [7, 11) is 1.52. The van der Waals surface area contributed by atoms with Gasteiger partial charge in [0.25, 0.3) is 0 Å². The Bertz CT molecular complexity index is 774. The standard InChI is InChI=1S/C22H28N2O3S/c1-3-10-23-11-12-24(21(25)16-27-2)15-19(22(23)26)14-17-6-8-18(9-7-17)20-5-4-13-28-20/h4-9,13,19H,3,10-12,14-16H2,1-2H3/t19-/m1/s1. The lowest BCUT2D eigenvalue weighted by atomic mass is 9.96. The van der Waals surface area contributed by atoms with E-state index >= 15 is 0 Å². The molecule has 1 aliphatic rings. The van der Waals surface area contributed by atoms with Crippen molar-refractivity contribution in [3.8, 4) is 10.4 Å². The zero-order valence-electron chi connectivity index (χ0n) is 16.6. The van der Waals surface area contributed by atoms with Gasteiger partial charge in [0.15, 0.2) is 0 Å². The number of methoxy groups -OCH3 is 1. The number of benzene rings is 1. The van der Waals surface area contributed by atoms with Crippen molar-refractivity contribution in [2.75, 3.05) is 39.9 Å². The second kappa shape index (κ2) is 9.85. The third-order valence-electron chi connectivity index (χ3n) is 5.10. The Labute approximate surface area is 170 Å². The summed E-state index contributed by atoms with van der Waals surface area (Å²) in [6, 6.07) is 12.6. The zero-order valence-corrected chi connectivity index (χ0v) is 17.4. The van der Waals surface area contributed by atoms with Crippen molar-refractivity contribution < 1.29 is 14.3 Å². The highest BCUT2D eigenvalue weighted by atomic mass is 32.1. The average molecular weight is 401 g/mol. The smallest absolute Gasteiger partial charge is 0.248 e. The van der Waals surface area contributed by atoms with Crippen molar-refractivity contribution in [3.63, 3.8) is 0 Å². The maximum absolute atomic E-state index is 13.1. The van der Waals surface area contributed by atoms with E-state index in [4.69, 9.17) is 4.74 Å². The highest BCUT2D eigenvalue weighted by Gasteiger charge is 2.31. The first kappa shape index (κ1) is 20.6. The van der Waals surface area contributed by atoms with Gasteiger partial charge in [0, 0.05) is 38.2 Å². The van der Waals surface area contributed by atoms with Crippen LogP contribution in [0.2, 0.25) is 0 Å². The minimum Gasteiger partial charge on any atom is -0.375 e. The third kappa shape index (κ3) is 5.00. The maximum atomic E-state index is 13.1. The van der Waals surface area contributed by atoms with E-state index in [1.807, 2.05) is 11.0 Å². The number of amides is 2. The van der Waals surface area contributed by atoms with Crippen molar-refractivity contribution in [1.82, 2.24) is 9.80 Å². The zero-order chi connectivity index (χ0) is 19.9. The Hall–Kier alpha value is -2.18. The Kier molecular flexibility index (Phi) is 7.23. The van der Waals surface area contributed by atoms with Gasteiger partial charge < -0.3 is 14.5 Å². The highest BCUT2D eigenvalue weighted by molar-refractivity contribution is 7.13. The first-order valence-electron chi connectivity index (χ1n) is 9.80. The lowest BCUT2D eigenvalue weighted by Crippen LogP contribution is -2.39. The van der Waals surface area contributed by atoms with Crippen molar-refractivity contribution in [1.29, 1.82) is 0 Å². The van der Waals surface area contributed by atoms with Crippen LogP contribution < -0.4 is 0 Å². The van der Waals surface area contributed by atoms with Gasteiger partial charge in [-0.25, -0.2) is 0 Å². The SMILES string of the molecule is CCCN1CCN(C(=O)COC)C[C@@H](Cc2ccc(-c3cccs3)cc2)C1=O. The van der Waals surface area contributed by atoms with Crippen LogP contribution >= 0.6 is 11.3 Å². The van der Waals surface area contributed by atoms with E-state index < -0.39 is 0 Å². The molecule has 3 rings (SSSR count). The van der Waals surface area contributed by atoms with Gasteiger partial charge in [-0.05, 0) is 35.4 Å². The summed E-state index contributed by atoms with van der Waals surface area (Å²) >= 11 is 1.72. The number of rotatable bonds is 7. The molecular formula is C22H28N2O3S. The van der Waals surface area contributed by atoms with Crippen LogP contribution in [0.15, 0.2) is 41.8 Å². The quantitative estimate of drug-likeness (QED) is 0.717. The van der Waals surface area contributed by atoms with Crippen molar-refractivity contribution >= 4 is 23.2 Å². The van der Waals surface area contributed by atoms with Gasteiger partial charge in [0.1, 0.15) is 6.61 Å². The largest absolute Gasteiger partial charge is 0.375 e. The molecule has 2 heterocycles. The first-order chi connectivity index (χ1) is 13.6. The molecule has 0 unspecified atom stereocenters. The first-order valence-corrected chi connectivity index (χ1v) is 10.7. The number of thiophene rings is 1. The summed E-state index contributed by atoms with van der Waals surface area (Å²) in [4.78, 5) is 30.4. The number of hydrogen-bond acceptors (Lipinski definition) is 4. The van der Waals surface area contributed by atoms with Crippen LogP contribution in [-0.4, -0.2) is 61.5 Å². The fourth-order valence-corrected chi connectivity index (χ4v) is 4.40. The molecule has 2 aromatic rings. The molecule has 28 heavy (non-hydrogen) atoms. The topological polar surface area (TPSA) is 49.9 Å². The van der Waals surface area contributed by atoms with Crippen LogP contribution in [-0.2, 0) is 20.7 Å². The molecule has 1 fully saturated rings. The molecule has 1 aromatic heterocycles. The molecule has 0 aliphatic carbocycles. The molecule has 0 saturated carbocycles. The van der Waals surface area contributed by atoms with E-state index in [2.05, 4.69) is 42.6 Å². The summed E-state index contributed by atoms with van der Waals surface area (Å²) in [5.74, 6) is -0.119. The summed E-state index contributed by atoms with van der Waals surface area (Å²) in [5, 5.41) is 2.07. The second-order valence-electron chi connectivity index (χ2n) is 7.17. The molecule has 1 saturated heterocycles. The fraction of sp³-hybridized carbons (Fsp3) is 0.455. The van der Waals surface area contributed by atoms with Gasteiger partial charge in [0.2, 0.25) is 11.8 Å². The molecule has 1 atom stereocenters. The number of ether oxygens (including phenoxy) is 1. The van der Waals surface area contributed by atoms with E-state index in [1.54, 1.807) is 16.2 Å². The van der Waals surface area contributed by atoms with E-state index in [0.29, 0.717) is 26.1 Å². The molecule has 6 heteroatoms. The normalized spacial score (nSPS) is 17.6. The van der Waals surface area contributed by atoms with Gasteiger partial charge in [-0.2, -0.15) is 0 Å². The van der Waals surface area contributed by atoms with E-state index in [-0.39, 0.29) is 24.3 Å². The van der Waals surface area contributed by atoms with Crippen LogP contribution in [0, 0.1) is 5.92 Å². The Morgan fingerprint density at radius 3 is 2.64 bits per heavy atom. The fourth-order valence-electron chi connectivity index (χ4n) is 3.66. The minimum atomic E-state index is -0.220. The molecule has 1 aromatic carbocycles. The summed E-state index contributed by atoms with van der Waals surface area (Å²) in [6.07, 6.45) is 1.56. The van der Waals surface area contributed by atoms with Crippen LogP contribution in [0.1, 0.15) is 18.9 Å². The predicted octanol–water partition coefficient (Wildman–Crippen LogP) is 3.30. The minimum absolute atomic E-state index is 0.0494. The number of hydrogen-bond donors (Lipinski definition) is 0. The van der Waals surface area contributed by atoms with E-state index in [1.165, 1.54) is 17.6 Å². The highest BCUT2D eigenvalue weighted by Crippen LogP contribution is 2.26. The second-order valence-corrected chi connectivity index (χ2v) is 8.12. The van der Waals surface area contributed by atoms with Crippen molar-refractivity contribution in [2.45, 2.75) is 19.8 Å². The van der Waals surface area contributed by atoms with Gasteiger partial charge in [-0.15, -0.1) is 11.3 Å². The third-order valence-corrected chi connectivity index (χ3v) is 6.02. The van der Waals surface area contributed by atoms with Crippen LogP contribution in [0.4, 0.5) is 0 Å². The molecular weight excluding hydrogens is 372 g/mol. The number of carbonyl (C=O) groups excluding carboxylic acids is 2. The Morgan fingerprint density at radius 2 is 2.00 bits per heavy atom. The van der Waals surface area contributed by atoms with Crippen LogP contribution in [0.25, 0.3) is 10.4 Å². The molecule has 5 nitrogen and oxygen atoms in total. The van der Waals surface area contributed by atoms with Gasteiger partial charge >= 0.3 is 0 Å². The average Bonchev–Trinajstić information content (AvgIpc) is 3.19. The molecule has 2 amide bonds. The van der Waals surface area contributed by atoms with Crippen LogP contribution in [0.5, 0.6) is 0 Å². The summed E-state index contributed by atoms with van der Waals surface area (Å²) in [5.41, 5.74) is 2.31. The van der Waals surface area contributed by atoms with E-state index in [0.717, 1.165) is 18.5 Å². The molecule has 150 valence electrons. The van der Waals surface area contributed by atoms with E-state index in [9.17, 15) is 9.59 Å². The van der Waals surface area contributed by atoms with Gasteiger partial charge in [-0.1, -0.05) is 37.3 Å². The molecule has 0 spiro atoms. The Balaban J connectivity index is 1.75. The van der Waals surface area contributed by atoms with Gasteiger partial charge in [-0.3, -0.25) is 9.59 Å². The van der Waals surface area contributed by atoms with Crippen molar-refractivity contribution in [2.24, 2.45) is 5.92 Å². The maximum Gasteiger partial charge on any atom is 0.248 e. The monoisotopic (exact) mass is 400 g/mol. The summed E-state index contributed by atoms with van der Waals surface area (Å²) in [6.45, 7) is 4.49. The van der Waals surface area contributed by atoms with Gasteiger partial charge in [0.05, 0.1) is 5.92 Å². The molecule has 0 radical (unpaired) electrons. The number of carbonyl (C=O) groups is 2. The van der Waals surface area contributed by atoms with Crippen molar-refractivity contribution in [3.05, 3.63) is 47.3 Å². The molecule has 1 aliphatic heterocycles. The predicted molar refractivity (Wildman–Crippen MR) is 112 cm³/mol. The number of nitrogens with zero attached hydrogens (tertiary/aromatic N) is 2. The van der Waals surface area contributed by atoms with Crippen LogP contribution in [0.3, 0.4) is 0 Å². The summed E-state index contributed by atoms with van der Waals surface area (Å²) < 4.78 is 5.01. The Morgan fingerprint density at radius 1 is 1.21 bits per heavy atom. The lowest BCUT2D eigenvalue weighted by Gasteiger charge is -2.24. The molecule has 0 N–H and O–H groups in total. The lowest BCUT2D eigenvalue weighted by molar-refractivity contribution is -0.136. The molecule has 0 bridgehead atoms.